The second kappa shape index (κ2) is 10.7. The molecule has 0 saturated heterocycles. The van der Waals surface area contributed by atoms with E-state index < -0.39 is 6.04 Å². The molecule has 1 unspecified atom stereocenters. The maximum atomic E-state index is 13.1. The highest BCUT2D eigenvalue weighted by Gasteiger charge is 2.25. The van der Waals surface area contributed by atoms with Gasteiger partial charge in [0, 0.05) is 18.8 Å². The molecule has 0 bridgehead atoms. The van der Waals surface area contributed by atoms with Crippen LogP contribution in [0.25, 0.3) is 0 Å². The van der Waals surface area contributed by atoms with Crippen LogP contribution in [0.1, 0.15) is 25.0 Å². The molecule has 2 aromatic rings. The van der Waals surface area contributed by atoms with Gasteiger partial charge in [-0.25, -0.2) is 4.39 Å². The zero-order valence-electron chi connectivity index (χ0n) is 15.7. The summed E-state index contributed by atoms with van der Waals surface area (Å²) >= 11 is 1.52. The van der Waals surface area contributed by atoms with Gasteiger partial charge in [0.05, 0.1) is 5.75 Å². The van der Waals surface area contributed by atoms with Crippen LogP contribution in [0.15, 0.2) is 54.6 Å². The summed E-state index contributed by atoms with van der Waals surface area (Å²) in [5.74, 6) is 0.374. The Morgan fingerprint density at radius 3 is 2.37 bits per heavy atom. The largest absolute Gasteiger partial charge is 0.355 e. The molecule has 0 spiro atoms. The SMILES string of the molecule is CCNC(=O)C(C)N(Cc1ccc(F)cc1)C(=O)CSCc1ccccc1. The summed E-state index contributed by atoms with van der Waals surface area (Å²) in [5.41, 5.74) is 1.94. The summed E-state index contributed by atoms with van der Waals surface area (Å²) in [7, 11) is 0. The van der Waals surface area contributed by atoms with Crippen LogP contribution in [0.4, 0.5) is 4.39 Å². The van der Waals surface area contributed by atoms with Crippen molar-refractivity contribution in [1.29, 1.82) is 0 Å². The quantitative estimate of drug-likeness (QED) is 0.714. The summed E-state index contributed by atoms with van der Waals surface area (Å²) in [6.07, 6.45) is 0. The lowest BCUT2D eigenvalue weighted by Crippen LogP contribution is -2.48. The monoisotopic (exact) mass is 388 g/mol. The van der Waals surface area contributed by atoms with Gasteiger partial charge in [0.2, 0.25) is 11.8 Å². The van der Waals surface area contributed by atoms with Gasteiger partial charge >= 0.3 is 0 Å². The molecular weight excluding hydrogens is 363 g/mol. The van der Waals surface area contributed by atoms with E-state index in [4.69, 9.17) is 0 Å². The van der Waals surface area contributed by atoms with E-state index in [1.165, 1.54) is 23.9 Å². The number of carbonyl (C=O) groups excluding carboxylic acids is 2. The molecule has 1 atom stereocenters. The number of hydrogen-bond acceptors (Lipinski definition) is 3. The highest BCUT2D eigenvalue weighted by Crippen LogP contribution is 2.16. The van der Waals surface area contributed by atoms with Crippen molar-refractivity contribution >= 4 is 23.6 Å². The van der Waals surface area contributed by atoms with Gasteiger partial charge in [0.25, 0.3) is 0 Å². The molecule has 0 aliphatic heterocycles. The van der Waals surface area contributed by atoms with Crippen molar-refractivity contribution in [3.05, 3.63) is 71.5 Å². The summed E-state index contributed by atoms with van der Waals surface area (Å²) in [5, 5.41) is 2.76. The second-order valence-electron chi connectivity index (χ2n) is 6.20. The van der Waals surface area contributed by atoms with Crippen molar-refractivity contribution in [2.75, 3.05) is 12.3 Å². The van der Waals surface area contributed by atoms with Crippen LogP contribution in [-0.2, 0) is 21.9 Å². The average Bonchev–Trinajstić information content (AvgIpc) is 2.68. The fourth-order valence-corrected chi connectivity index (χ4v) is 3.48. The first-order chi connectivity index (χ1) is 13.0. The van der Waals surface area contributed by atoms with E-state index in [0.717, 1.165) is 16.9 Å². The summed E-state index contributed by atoms with van der Waals surface area (Å²) < 4.78 is 13.1. The van der Waals surface area contributed by atoms with Crippen molar-refractivity contribution in [2.24, 2.45) is 0 Å². The summed E-state index contributed by atoms with van der Waals surface area (Å²) in [6.45, 7) is 4.33. The lowest BCUT2D eigenvalue weighted by molar-refractivity contribution is -0.138. The molecule has 0 aromatic heterocycles. The normalized spacial score (nSPS) is 11.7. The Morgan fingerprint density at radius 2 is 1.74 bits per heavy atom. The van der Waals surface area contributed by atoms with Crippen LogP contribution in [-0.4, -0.2) is 35.1 Å². The van der Waals surface area contributed by atoms with Crippen LogP contribution in [0.5, 0.6) is 0 Å². The average molecular weight is 389 g/mol. The first-order valence-electron chi connectivity index (χ1n) is 8.94. The minimum Gasteiger partial charge on any atom is -0.355 e. The molecule has 27 heavy (non-hydrogen) atoms. The number of rotatable bonds is 9. The Hall–Kier alpha value is -2.34. The maximum absolute atomic E-state index is 13.1. The molecule has 1 N–H and O–H groups in total. The van der Waals surface area contributed by atoms with Crippen molar-refractivity contribution < 1.29 is 14.0 Å². The van der Waals surface area contributed by atoms with Gasteiger partial charge in [0.1, 0.15) is 11.9 Å². The third kappa shape index (κ3) is 6.71. The van der Waals surface area contributed by atoms with Gasteiger partial charge in [-0.05, 0) is 37.1 Å². The van der Waals surface area contributed by atoms with Crippen LogP contribution in [0, 0.1) is 5.82 Å². The van der Waals surface area contributed by atoms with E-state index in [0.29, 0.717) is 6.54 Å². The van der Waals surface area contributed by atoms with Crippen molar-refractivity contribution in [1.82, 2.24) is 10.2 Å². The maximum Gasteiger partial charge on any atom is 0.242 e. The van der Waals surface area contributed by atoms with E-state index in [1.54, 1.807) is 24.0 Å². The molecule has 0 fully saturated rings. The third-order valence-electron chi connectivity index (χ3n) is 4.12. The van der Waals surface area contributed by atoms with E-state index in [1.807, 2.05) is 37.3 Å². The van der Waals surface area contributed by atoms with E-state index in [9.17, 15) is 14.0 Å². The Labute approximate surface area is 164 Å². The standard InChI is InChI=1S/C21H25FN2O2S/c1-3-23-21(26)16(2)24(13-17-9-11-19(22)12-10-17)20(25)15-27-14-18-7-5-4-6-8-18/h4-12,16H,3,13-15H2,1-2H3,(H,23,26). The highest BCUT2D eigenvalue weighted by molar-refractivity contribution is 7.99. The van der Waals surface area contributed by atoms with Crippen LogP contribution < -0.4 is 5.32 Å². The van der Waals surface area contributed by atoms with Gasteiger partial charge < -0.3 is 10.2 Å². The Balaban J connectivity index is 2.03. The van der Waals surface area contributed by atoms with Crippen molar-refractivity contribution in [3.8, 4) is 0 Å². The Morgan fingerprint density at radius 1 is 1.07 bits per heavy atom. The second-order valence-corrected chi connectivity index (χ2v) is 7.18. The number of halogens is 1. The van der Waals surface area contributed by atoms with Crippen LogP contribution in [0.3, 0.4) is 0 Å². The van der Waals surface area contributed by atoms with Gasteiger partial charge in [-0.15, -0.1) is 11.8 Å². The molecular formula is C21H25FN2O2S. The molecule has 0 aliphatic carbocycles. The third-order valence-corrected chi connectivity index (χ3v) is 5.11. The molecule has 0 radical (unpaired) electrons. The predicted octanol–water partition coefficient (Wildman–Crippen LogP) is 3.61. The fraction of sp³-hybridized carbons (Fsp3) is 0.333. The Kier molecular flexibility index (Phi) is 8.33. The molecule has 0 heterocycles. The molecule has 6 heteroatoms. The fourth-order valence-electron chi connectivity index (χ4n) is 2.60. The van der Waals surface area contributed by atoms with E-state index >= 15 is 0 Å². The predicted molar refractivity (Wildman–Crippen MR) is 108 cm³/mol. The van der Waals surface area contributed by atoms with E-state index in [-0.39, 0.29) is 29.9 Å². The smallest absolute Gasteiger partial charge is 0.242 e. The molecule has 0 aliphatic rings. The molecule has 0 saturated carbocycles. The summed E-state index contributed by atoms with van der Waals surface area (Å²) in [4.78, 5) is 26.6. The topological polar surface area (TPSA) is 49.4 Å². The van der Waals surface area contributed by atoms with Gasteiger partial charge in [-0.3, -0.25) is 9.59 Å². The number of nitrogens with zero attached hydrogens (tertiary/aromatic N) is 1. The Bertz CT molecular complexity index is 738. The lowest BCUT2D eigenvalue weighted by Gasteiger charge is -2.28. The highest BCUT2D eigenvalue weighted by atomic mass is 32.2. The molecule has 2 aromatic carbocycles. The number of amides is 2. The molecule has 144 valence electrons. The number of likely N-dealkylation sites (N-methyl/N-ethyl adjacent to an activating group) is 1. The summed E-state index contributed by atoms with van der Waals surface area (Å²) in [6, 6.07) is 15.3. The zero-order chi connectivity index (χ0) is 19.6. The number of carbonyl (C=O) groups is 2. The van der Waals surface area contributed by atoms with E-state index in [2.05, 4.69) is 5.32 Å². The van der Waals surface area contributed by atoms with Gasteiger partial charge in [-0.1, -0.05) is 42.5 Å². The first-order valence-corrected chi connectivity index (χ1v) is 10.1. The van der Waals surface area contributed by atoms with Crippen molar-refractivity contribution in [2.45, 2.75) is 32.2 Å². The van der Waals surface area contributed by atoms with Crippen LogP contribution in [0.2, 0.25) is 0 Å². The number of thioether (sulfide) groups is 1. The molecule has 2 rings (SSSR count). The number of benzene rings is 2. The minimum absolute atomic E-state index is 0.112. The minimum atomic E-state index is -0.597. The van der Waals surface area contributed by atoms with Gasteiger partial charge in [-0.2, -0.15) is 0 Å². The molecule has 4 nitrogen and oxygen atoms in total. The zero-order valence-corrected chi connectivity index (χ0v) is 16.5. The van der Waals surface area contributed by atoms with Gasteiger partial charge in [0.15, 0.2) is 0 Å². The first kappa shape index (κ1) is 21.0. The number of nitrogens with one attached hydrogen (secondary N) is 1. The molecule has 2 amide bonds. The lowest BCUT2D eigenvalue weighted by atomic mass is 10.1. The van der Waals surface area contributed by atoms with Crippen LogP contribution >= 0.6 is 11.8 Å². The van der Waals surface area contributed by atoms with Crippen molar-refractivity contribution in [3.63, 3.8) is 0 Å². The number of hydrogen-bond donors (Lipinski definition) is 1.